The molecule has 0 aromatic carbocycles. The fourth-order valence-electron chi connectivity index (χ4n) is 1.21. The van der Waals surface area contributed by atoms with Crippen LogP contribution in [0.25, 0.3) is 0 Å². The van der Waals surface area contributed by atoms with E-state index in [1.165, 1.54) is 6.20 Å². The lowest BCUT2D eigenvalue weighted by atomic mass is 10.2. The van der Waals surface area contributed by atoms with Gasteiger partial charge in [0, 0.05) is 6.20 Å². The number of rotatable bonds is 4. The van der Waals surface area contributed by atoms with Crippen molar-refractivity contribution in [3.63, 3.8) is 0 Å². The molecule has 0 spiro atoms. The number of carbonyl (C=O) groups excluding carboxylic acids is 1. The van der Waals surface area contributed by atoms with E-state index in [1.807, 2.05) is 0 Å². The summed E-state index contributed by atoms with van der Waals surface area (Å²) in [6, 6.07) is 2.82. The predicted molar refractivity (Wildman–Crippen MR) is 74.6 cm³/mol. The van der Waals surface area contributed by atoms with Gasteiger partial charge in [-0.25, -0.2) is 9.79 Å². The topological polar surface area (TPSA) is 106 Å². The van der Waals surface area contributed by atoms with Gasteiger partial charge in [-0.05, 0) is 31.1 Å². The molecule has 0 aliphatic heterocycles. The molecular weight excluding hydrogens is 266 g/mol. The van der Waals surface area contributed by atoms with E-state index in [0.29, 0.717) is 17.9 Å². The van der Waals surface area contributed by atoms with Crippen LogP contribution in [-0.4, -0.2) is 17.0 Å². The van der Waals surface area contributed by atoms with Crippen molar-refractivity contribution in [2.45, 2.75) is 12.8 Å². The summed E-state index contributed by atoms with van der Waals surface area (Å²) < 4.78 is 0. The minimum absolute atomic E-state index is 0.0822. The molecule has 0 saturated carbocycles. The summed E-state index contributed by atoms with van der Waals surface area (Å²) >= 11 is 5.96. The first-order valence-electron chi connectivity index (χ1n) is 5.48. The Balaban J connectivity index is 2.42. The van der Waals surface area contributed by atoms with Gasteiger partial charge in [0.2, 0.25) is 5.96 Å². The van der Waals surface area contributed by atoms with Crippen molar-refractivity contribution >= 4 is 23.6 Å². The number of allylic oxidation sites excluding steroid dienone is 1. The molecule has 0 bridgehead atoms. The standard InChI is InChI=1S/C12H14ClN5O/c13-9-5-4-8-16-10(9)6-2-1-3-7-17-11(14)18-12(15)19/h1,4-5,7-8H,2,6H2,(H5,14,15,17,18,19). The average Bonchev–Trinajstić information content (AvgIpc) is 2.34. The van der Waals surface area contributed by atoms with Crippen LogP contribution in [0.3, 0.4) is 0 Å². The number of aliphatic imine (C=N–C) groups is 1. The molecule has 0 saturated heterocycles. The summed E-state index contributed by atoms with van der Waals surface area (Å²) in [5.41, 5.74) is 13.8. The lowest BCUT2D eigenvalue weighted by molar-refractivity contribution is 0.253. The number of nitrogens with one attached hydrogen (secondary N) is 1. The van der Waals surface area contributed by atoms with Gasteiger partial charge in [0.05, 0.1) is 16.9 Å². The Morgan fingerprint density at radius 3 is 3.05 bits per heavy atom. The molecule has 2 amide bonds. The zero-order chi connectivity index (χ0) is 14.1. The first-order valence-corrected chi connectivity index (χ1v) is 5.86. The smallest absolute Gasteiger partial charge is 0.318 e. The summed E-state index contributed by atoms with van der Waals surface area (Å²) in [7, 11) is 0. The molecule has 0 aliphatic carbocycles. The van der Waals surface area contributed by atoms with E-state index < -0.39 is 6.03 Å². The minimum atomic E-state index is -0.761. The Morgan fingerprint density at radius 1 is 1.58 bits per heavy atom. The molecule has 0 fully saturated rings. The number of primary amides is 1. The molecule has 0 atom stereocenters. The molecule has 1 aromatic rings. The number of hydrogen-bond acceptors (Lipinski definition) is 3. The van der Waals surface area contributed by atoms with Gasteiger partial charge >= 0.3 is 6.03 Å². The number of aromatic nitrogens is 1. The Bertz CT molecular complexity index is 535. The third-order valence-corrected chi connectivity index (χ3v) is 2.35. The largest absolute Gasteiger partial charge is 0.369 e. The van der Waals surface area contributed by atoms with E-state index in [0.717, 1.165) is 5.69 Å². The second-order valence-electron chi connectivity index (χ2n) is 3.47. The summed E-state index contributed by atoms with van der Waals surface area (Å²) in [6.45, 7) is 0. The monoisotopic (exact) mass is 279 g/mol. The van der Waals surface area contributed by atoms with Crippen LogP contribution in [0.2, 0.25) is 5.02 Å². The number of nitrogens with zero attached hydrogens (tertiary/aromatic N) is 2. The quantitative estimate of drug-likeness (QED) is 0.439. The highest BCUT2D eigenvalue weighted by molar-refractivity contribution is 6.31. The Labute approximate surface area is 115 Å². The first-order chi connectivity index (χ1) is 9.09. The van der Waals surface area contributed by atoms with Crippen molar-refractivity contribution in [3.8, 4) is 0 Å². The zero-order valence-corrected chi connectivity index (χ0v) is 10.9. The maximum atomic E-state index is 10.4. The van der Waals surface area contributed by atoms with Crippen LogP contribution < -0.4 is 16.8 Å². The number of carbonyl (C=O) groups is 1. The average molecular weight is 280 g/mol. The van der Waals surface area contributed by atoms with Gasteiger partial charge < -0.3 is 11.5 Å². The number of halogens is 1. The molecule has 1 rings (SSSR count). The lowest BCUT2D eigenvalue weighted by Gasteiger charge is -1.98. The van der Waals surface area contributed by atoms with E-state index >= 15 is 0 Å². The third kappa shape index (κ3) is 6.26. The van der Waals surface area contributed by atoms with Crippen molar-refractivity contribution in [2.24, 2.45) is 16.5 Å². The molecule has 0 aliphatic rings. The van der Waals surface area contributed by atoms with Crippen molar-refractivity contribution in [3.05, 3.63) is 47.1 Å². The highest BCUT2D eigenvalue weighted by Gasteiger charge is 1.97. The number of amides is 2. The van der Waals surface area contributed by atoms with Gasteiger partial charge in [-0.2, -0.15) is 0 Å². The fraction of sp³-hybridized carbons (Fsp3) is 0.167. The van der Waals surface area contributed by atoms with Gasteiger partial charge in [0.1, 0.15) is 0 Å². The first kappa shape index (κ1) is 14.8. The zero-order valence-electron chi connectivity index (χ0n) is 10.1. The van der Waals surface area contributed by atoms with Crippen LogP contribution in [0.4, 0.5) is 4.79 Å². The number of hydrogen-bond donors (Lipinski definition) is 3. The number of urea groups is 1. The van der Waals surface area contributed by atoms with Gasteiger partial charge in [-0.1, -0.05) is 11.6 Å². The third-order valence-electron chi connectivity index (χ3n) is 2.01. The maximum absolute atomic E-state index is 10.4. The predicted octanol–water partition coefficient (Wildman–Crippen LogP) is 1.32. The van der Waals surface area contributed by atoms with Gasteiger partial charge in [0.25, 0.3) is 0 Å². The fourth-order valence-corrected chi connectivity index (χ4v) is 1.43. The van der Waals surface area contributed by atoms with Crippen molar-refractivity contribution < 1.29 is 4.79 Å². The van der Waals surface area contributed by atoms with Crippen molar-refractivity contribution in [1.82, 2.24) is 10.3 Å². The number of aryl methyl sites for hydroxylation is 1. The second kappa shape index (κ2) is 7.92. The van der Waals surface area contributed by atoms with E-state index in [9.17, 15) is 4.79 Å². The molecule has 6 nitrogen and oxygen atoms in total. The lowest BCUT2D eigenvalue weighted by Crippen LogP contribution is -2.39. The van der Waals surface area contributed by atoms with E-state index in [4.69, 9.17) is 23.1 Å². The van der Waals surface area contributed by atoms with E-state index in [1.54, 1.807) is 24.4 Å². The summed E-state index contributed by atoms with van der Waals surface area (Å²) in [4.78, 5) is 18.3. The van der Waals surface area contributed by atoms with Crippen LogP contribution in [0, 0.1) is 0 Å². The number of nitrogens with two attached hydrogens (primary N) is 2. The molecule has 1 heterocycles. The molecule has 0 radical (unpaired) electrons. The maximum Gasteiger partial charge on any atom is 0.318 e. The highest BCUT2D eigenvalue weighted by atomic mass is 35.5. The van der Waals surface area contributed by atoms with Gasteiger partial charge in [0.15, 0.2) is 0 Å². The van der Waals surface area contributed by atoms with Crippen molar-refractivity contribution in [1.29, 1.82) is 0 Å². The summed E-state index contributed by atoms with van der Waals surface area (Å²) in [5, 5.41) is 2.77. The Kier molecular flexibility index (Phi) is 6.15. The van der Waals surface area contributed by atoms with Gasteiger partial charge in [-0.15, -0.1) is 5.73 Å². The molecule has 1 aromatic heterocycles. The summed E-state index contributed by atoms with van der Waals surface area (Å²) in [5.74, 6) is -0.0822. The van der Waals surface area contributed by atoms with E-state index in [-0.39, 0.29) is 5.96 Å². The Morgan fingerprint density at radius 2 is 2.37 bits per heavy atom. The molecule has 7 heteroatoms. The van der Waals surface area contributed by atoms with Crippen LogP contribution in [0.1, 0.15) is 12.1 Å². The van der Waals surface area contributed by atoms with Crippen molar-refractivity contribution in [2.75, 3.05) is 0 Å². The molecule has 19 heavy (non-hydrogen) atoms. The minimum Gasteiger partial charge on any atom is -0.369 e. The molecular formula is C12H14ClN5O. The van der Waals surface area contributed by atoms with E-state index in [2.05, 4.69) is 21.0 Å². The number of guanidine groups is 1. The van der Waals surface area contributed by atoms with Gasteiger partial charge in [-0.3, -0.25) is 10.3 Å². The second-order valence-corrected chi connectivity index (χ2v) is 3.88. The van der Waals surface area contributed by atoms with Crippen LogP contribution in [0.5, 0.6) is 0 Å². The normalized spacial score (nSPS) is 10.5. The molecule has 5 N–H and O–H groups in total. The SMILES string of the molecule is NC(=O)NC(N)=NC=C=CCCc1ncccc1Cl. The van der Waals surface area contributed by atoms with Crippen LogP contribution >= 0.6 is 11.6 Å². The van der Waals surface area contributed by atoms with Crippen LogP contribution in [0.15, 0.2) is 41.3 Å². The van der Waals surface area contributed by atoms with Crippen LogP contribution in [-0.2, 0) is 6.42 Å². The highest BCUT2D eigenvalue weighted by Crippen LogP contribution is 2.13. The summed E-state index contributed by atoms with van der Waals surface area (Å²) in [6.07, 6.45) is 6.23. The molecule has 100 valence electrons. The molecule has 0 unspecified atom stereocenters. The number of pyridine rings is 1. The Hall–Kier alpha value is -2.30.